The van der Waals surface area contributed by atoms with Crippen LogP contribution in [0.5, 0.6) is 0 Å². The Hall–Kier alpha value is -1.12. The molecule has 1 aromatic rings. The quantitative estimate of drug-likeness (QED) is 0.785. The van der Waals surface area contributed by atoms with E-state index in [0.29, 0.717) is 19.4 Å². The molecule has 0 aliphatic heterocycles. The topological polar surface area (TPSA) is 72.2 Å². The molecular weight excluding hydrogens is 281 g/mol. The van der Waals surface area contributed by atoms with E-state index < -0.39 is 26.7 Å². The molecule has 0 saturated carbocycles. The van der Waals surface area contributed by atoms with E-state index in [1.807, 2.05) is 0 Å². The fraction of sp³-hybridized carbons (Fsp3) is 0.455. The second-order valence-electron chi connectivity index (χ2n) is 3.89. The molecule has 0 bridgehead atoms. The summed E-state index contributed by atoms with van der Waals surface area (Å²) in [7, 11) is -4.17. The first-order chi connectivity index (χ1) is 8.79. The van der Waals surface area contributed by atoms with Crippen LogP contribution in [0, 0.1) is 0 Å². The number of halogens is 3. The van der Waals surface area contributed by atoms with Crippen molar-refractivity contribution in [3.05, 3.63) is 29.8 Å². The molecule has 0 spiro atoms. The van der Waals surface area contributed by atoms with E-state index in [1.54, 1.807) is 0 Å². The zero-order chi connectivity index (χ0) is 14.5. The Morgan fingerprint density at radius 1 is 1.16 bits per heavy atom. The Labute approximate surface area is 109 Å². The van der Waals surface area contributed by atoms with Crippen molar-refractivity contribution in [3.63, 3.8) is 0 Å². The molecule has 0 unspecified atom stereocenters. The molecule has 3 N–H and O–H groups in total. The van der Waals surface area contributed by atoms with Gasteiger partial charge in [0, 0.05) is 6.54 Å². The minimum absolute atomic E-state index is 0.0612. The van der Waals surface area contributed by atoms with Gasteiger partial charge in [0.2, 0.25) is 10.0 Å². The van der Waals surface area contributed by atoms with Crippen molar-refractivity contribution in [2.75, 3.05) is 13.1 Å². The highest BCUT2D eigenvalue weighted by molar-refractivity contribution is 7.89. The lowest BCUT2D eigenvalue weighted by molar-refractivity contribution is -0.139. The summed E-state index contributed by atoms with van der Waals surface area (Å²) in [5.74, 6) is 0. The van der Waals surface area contributed by atoms with Gasteiger partial charge in [0.15, 0.2) is 0 Å². The Balaban J connectivity index is 2.96. The van der Waals surface area contributed by atoms with Crippen molar-refractivity contribution < 1.29 is 21.6 Å². The van der Waals surface area contributed by atoms with Gasteiger partial charge in [-0.05, 0) is 31.5 Å². The summed E-state index contributed by atoms with van der Waals surface area (Å²) < 4.78 is 63.9. The van der Waals surface area contributed by atoms with Crippen LogP contribution < -0.4 is 10.5 Å². The first-order valence-corrected chi connectivity index (χ1v) is 7.13. The highest BCUT2D eigenvalue weighted by Gasteiger charge is 2.36. The van der Waals surface area contributed by atoms with Crippen LogP contribution in [0.1, 0.15) is 18.4 Å². The van der Waals surface area contributed by atoms with Crippen LogP contribution in [0.4, 0.5) is 13.2 Å². The average molecular weight is 296 g/mol. The molecule has 108 valence electrons. The van der Waals surface area contributed by atoms with Crippen LogP contribution >= 0.6 is 0 Å². The van der Waals surface area contributed by atoms with E-state index in [9.17, 15) is 21.6 Å². The number of hydrogen-bond donors (Lipinski definition) is 2. The van der Waals surface area contributed by atoms with Gasteiger partial charge in [-0.25, -0.2) is 13.1 Å². The van der Waals surface area contributed by atoms with Crippen LogP contribution in [0.2, 0.25) is 0 Å². The summed E-state index contributed by atoms with van der Waals surface area (Å²) in [5.41, 5.74) is 4.08. The zero-order valence-corrected chi connectivity index (χ0v) is 10.9. The number of rotatable bonds is 6. The fourth-order valence-electron chi connectivity index (χ4n) is 1.49. The average Bonchev–Trinajstić information content (AvgIpc) is 2.34. The monoisotopic (exact) mass is 296 g/mol. The molecule has 0 aliphatic rings. The lowest BCUT2D eigenvalue weighted by atomic mass is 10.2. The molecule has 4 nitrogen and oxygen atoms in total. The van der Waals surface area contributed by atoms with Gasteiger partial charge in [0.05, 0.1) is 10.5 Å². The molecule has 1 rings (SSSR count). The van der Waals surface area contributed by atoms with E-state index >= 15 is 0 Å². The molecular formula is C11H15F3N2O2S. The molecule has 8 heteroatoms. The van der Waals surface area contributed by atoms with Crippen molar-refractivity contribution in [2.24, 2.45) is 5.73 Å². The Morgan fingerprint density at radius 3 is 2.37 bits per heavy atom. The van der Waals surface area contributed by atoms with Gasteiger partial charge in [-0.1, -0.05) is 12.1 Å². The maximum absolute atomic E-state index is 12.7. The summed E-state index contributed by atoms with van der Waals surface area (Å²) >= 11 is 0. The molecule has 19 heavy (non-hydrogen) atoms. The summed E-state index contributed by atoms with van der Waals surface area (Å²) in [6, 6.07) is 4.09. The number of sulfonamides is 1. The molecule has 0 saturated heterocycles. The SMILES string of the molecule is NCCCCNS(=O)(=O)c1ccccc1C(F)(F)F. The maximum atomic E-state index is 12.7. The lowest BCUT2D eigenvalue weighted by Gasteiger charge is -2.13. The third kappa shape index (κ3) is 4.48. The molecule has 0 heterocycles. The van der Waals surface area contributed by atoms with Crippen LogP contribution in [0.3, 0.4) is 0 Å². The lowest BCUT2D eigenvalue weighted by Crippen LogP contribution is -2.27. The smallest absolute Gasteiger partial charge is 0.330 e. The van der Waals surface area contributed by atoms with Crippen molar-refractivity contribution in [1.29, 1.82) is 0 Å². The molecule has 0 atom stereocenters. The minimum Gasteiger partial charge on any atom is -0.330 e. The van der Waals surface area contributed by atoms with Crippen LogP contribution in [0.15, 0.2) is 29.2 Å². The molecule has 0 fully saturated rings. The number of hydrogen-bond acceptors (Lipinski definition) is 3. The molecule has 0 radical (unpaired) electrons. The standard InChI is InChI=1S/C11H15F3N2O2S/c12-11(13,14)9-5-1-2-6-10(9)19(17,18)16-8-4-3-7-15/h1-2,5-6,16H,3-4,7-8,15H2. The Bertz CT molecular complexity index is 515. The van der Waals surface area contributed by atoms with Gasteiger partial charge in [-0.2, -0.15) is 13.2 Å². The Morgan fingerprint density at radius 2 is 1.79 bits per heavy atom. The normalized spacial score (nSPS) is 12.6. The van der Waals surface area contributed by atoms with E-state index in [-0.39, 0.29) is 6.54 Å². The van der Waals surface area contributed by atoms with E-state index in [4.69, 9.17) is 5.73 Å². The number of alkyl halides is 3. The first-order valence-electron chi connectivity index (χ1n) is 5.65. The third-order valence-electron chi connectivity index (χ3n) is 2.40. The van der Waals surface area contributed by atoms with Crippen molar-refractivity contribution >= 4 is 10.0 Å². The highest BCUT2D eigenvalue weighted by atomic mass is 32.2. The van der Waals surface area contributed by atoms with E-state index in [0.717, 1.165) is 18.2 Å². The van der Waals surface area contributed by atoms with Gasteiger partial charge >= 0.3 is 6.18 Å². The Kier molecular flexibility index (Phi) is 5.33. The fourth-order valence-corrected chi connectivity index (χ4v) is 2.79. The first kappa shape index (κ1) is 15.9. The summed E-state index contributed by atoms with van der Waals surface area (Å²) in [4.78, 5) is -0.754. The van der Waals surface area contributed by atoms with Crippen LogP contribution in [-0.4, -0.2) is 21.5 Å². The van der Waals surface area contributed by atoms with Crippen LogP contribution in [0.25, 0.3) is 0 Å². The van der Waals surface area contributed by atoms with Crippen LogP contribution in [-0.2, 0) is 16.2 Å². The zero-order valence-electron chi connectivity index (χ0n) is 10.1. The predicted molar refractivity (Wildman–Crippen MR) is 64.9 cm³/mol. The van der Waals surface area contributed by atoms with Gasteiger partial charge in [0.25, 0.3) is 0 Å². The number of benzene rings is 1. The largest absolute Gasteiger partial charge is 0.417 e. The maximum Gasteiger partial charge on any atom is 0.417 e. The summed E-state index contributed by atoms with van der Waals surface area (Å²) in [6.45, 7) is 0.465. The van der Waals surface area contributed by atoms with E-state index in [2.05, 4.69) is 4.72 Å². The second-order valence-corrected chi connectivity index (χ2v) is 5.62. The van der Waals surface area contributed by atoms with Gasteiger partial charge < -0.3 is 5.73 Å². The minimum atomic E-state index is -4.71. The van der Waals surface area contributed by atoms with Crippen molar-refractivity contribution in [3.8, 4) is 0 Å². The number of unbranched alkanes of at least 4 members (excludes halogenated alkanes) is 1. The summed E-state index contributed by atoms with van der Waals surface area (Å²) in [6.07, 6.45) is -3.63. The molecule has 0 aromatic heterocycles. The van der Waals surface area contributed by atoms with E-state index in [1.165, 1.54) is 6.07 Å². The molecule has 1 aromatic carbocycles. The second kappa shape index (κ2) is 6.36. The summed E-state index contributed by atoms with van der Waals surface area (Å²) in [5, 5.41) is 0. The third-order valence-corrected chi connectivity index (χ3v) is 3.92. The highest BCUT2D eigenvalue weighted by Crippen LogP contribution is 2.33. The number of nitrogens with one attached hydrogen (secondary N) is 1. The van der Waals surface area contributed by atoms with Gasteiger partial charge in [-0.3, -0.25) is 0 Å². The molecule has 0 aliphatic carbocycles. The van der Waals surface area contributed by atoms with Gasteiger partial charge in [0.1, 0.15) is 0 Å². The molecule has 0 amide bonds. The van der Waals surface area contributed by atoms with Gasteiger partial charge in [-0.15, -0.1) is 0 Å². The van der Waals surface area contributed by atoms with Crippen molar-refractivity contribution in [2.45, 2.75) is 23.9 Å². The predicted octanol–water partition coefficient (Wildman–Crippen LogP) is 1.72. The van der Waals surface area contributed by atoms with Crippen molar-refractivity contribution in [1.82, 2.24) is 4.72 Å². The number of nitrogens with two attached hydrogens (primary N) is 1.